The van der Waals surface area contributed by atoms with Crippen molar-refractivity contribution in [3.63, 3.8) is 0 Å². The van der Waals surface area contributed by atoms with Crippen molar-refractivity contribution in [2.75, 3.05) is 39.4 Å². The highest BCUT2D eigenvalue weighted by Crippen LogP contribution is 2.23. The molecular weight excluding hydrogens is 352 g/mol. The standard InChI is InChI=1S/C23H34N2O3/c1-23(2,3)20-7-4-18(5-8-20)6-9-21(26)24-12-10-19(11-13-24)22(27)25-14-16-28-17-15-25/h4-5,7-8,19H,6,9-17H2,1-3H3. The Morgan fingerprint density at radius 1 is 0.964 bits per heavy atom. The van der Waals surface area contributed by atoms with Crippen molar-refractivity contribution < 1.29 is 14.3 Å². The summed E-state index contributed by atoms with van der Waals surface area (Å²) < 4.78 is 5.33. The molecule has 0 aromatic heterocycles. The Hall–Kier alpha value is -1.88. The molecule has 0 saturated carbocycles. The second-order valence-electron chi connectivity index (χ2n) is 9.04. The second-order valence-corrected chi connectivity index (χ2v) is 9.04. The Balaban J connectivity index is 1.43. The third-order valence-corrected chi connectivity index (χ3v) is 5.97. The van der Waals surface area contributed by atoms with Gasteiger partial charge in [-0.25, -0.2) is 0 Å². The molecule has 0 atom stereocenters. The van der Waals surface area contributed by atoms with Crippen LogP contribution in [0.15, 0.2) is 24.3 Å². The Bertz CT molecular complexity index is 664. The molecule has 3 rings (SSSR count). The maximum absolute atomic E-state index is 12.6. The quantitative estimate of drug-likeness (QED) is 0.799. The van der Waals surface area contributed by atoms with Gasteiger partial charge in [-0.1, -0.05) is 45.0 Å². The molecule has 2 fully saturated rings. The van der Waals surface area contributed by atoms with Crippen molar-refractivity contribution in [2.45, 2.75) is 51.9 Å². The first-order valence-corrected chi connectivity index (χ1v) is 10.6. The van der Waals surface area contributed by atoms with E-state index in [9.17, 15) is 9.59 Å². The number of likely N-dealkylation sites (tertiary alicyclic amines) is 1. The van der Waals surface area contributed by atoms with Crippen molar-refractivity contribution in [3.8, 4) is 0 Å². The lowest BCUT2D eigenvalue weighted by molar-refractivity contribution is -0.143. The summed E-state index contributed by atoms with van der Waals surface area (Å²) in [5.41, 5.74) is 2.67. The van der Waals surface area contributed by atoms with Crippen LogP contribution in [-0.2, 0) is 26.2 Å². The van der Waals surface area contributed by atoms with Crippen molar-refractivity contribution >= 4 is 11.8 Å². The summed E-state index contributed by atoms with van der Waals surface area (Å²) in [5, 5.41) is 0. The van der Waals surface area contributed by atoms with Gasteiger partial charge in [0.2, 0.25) is 11.8 Å². The van der Waals surface area contributed by atoms with Gasteiger partial charge in [-0.05, 0) is 35.8 Å². The van der Waals surface area contributed by atoms with Crippen molar-refractivity contribution in [1.29, 1.82) is 0 Å². The Morgan fingerprint density at radius 2 is 1.57 bits per heavy atom. The van der Waals surface area contributed by atoms with E-state index in [1.165, 1.54) is 11.1 Å². The van der Waals surface area contributed by atoms with Crippen molar-refractivity contribution in [1.82, 2.24) is 9.80 Å². The van der Waals surface area contributed by atoms with E-state index >= 15 is 0 Å². The molecule has 1 aromatic rings. The summed E-state index contributed by atoms with van der Waals surface area (Å²) in [6.45, 7) is 10.7. The van der Waals surface area contributed by atoms with Gasteiger partial charge < -0.3 is 14.5 Å². The number of carbonyl (C=O) groups excluding carboxylic acids is 2. The largest absolute Gasteiger partial charge is 0.378 e. The molecule has 0 bridgehead atoms. The lowest BCUT2D eigenvalue weighted by atomic mass is 9.86. The average molecular weight is 387 g/mol. The lowest BCUT2D eigenvalue weighted by Crippen LogP contribution is -2.47. The summed E-state index contributed by atoms with van der Waals surface area (Å²) in [6, 6.07) is 8.62. The van der Waals surface area contributed by atoms with E-state index in [0.29, 0.717) is 45.8 Å². The molecule has 0 spiro atoms. The number of hydrogen-bond donors (Lipinski definition) is 0. The van der Waals surface area contributed by atoms with Crippen molar-refractivity contribution in [3.05, 3.63) is 35.4 Å². The number of piperidine rings is 1. The maximum atomic E-state index is 12.6. The molecule has 2 aliphatic heterocycles. The van der Waals surface area contributed by atoms with Gasteiger partial charge in [-0.15, -0.1) is 0 Å². The van der Waals surface area contributed by atoms with Crippen LogP contribution in [0.2, 0.25) is 0 Å². The number of carbonyl (C=O) groups is 2. The molecule has 28 heavy (non-hydrogen) atoms. The number of benzene rings is 1. The highest BCUT2D eigenvalue weighted by atomic mass is 16.5. The van der Waals surface area contributed by atoms with Crippen LogP contribution < -0.4 is 0 Å². The lowest BCUT2D eigenvalue weighted by Gasteiger charge is -2.35. The zero-order valence-corrected chi connectivity index (χ0v) is 17.6. The molecule has 2 amide bonds. The minimum absolute atomic E-state index is 0.0621. The van der Waals surface area contributed by atoms with E-state index in [0.717, 1.165) is 19.3 Å². The van der Waals surface area contributed by atoms with Crippen LogP contribution in [0.3, 0.4) is 0 Å². The van der Waals surface area contributed by atoms with Crippen LogP contribution in [0.1, 0.15) is 51.2 Å². The molecule has 5 heteroatoms. The summed E-state index contributed by atoms with van der Waals surface area (Å²) in [7, 11) is 0. The van der Waals surface area contributed by atoms with E-state index in [1.807, 2.05) is 9.80 Å². The number of morpholine rings is 1. The van der Waals surface area contributed by atoms with Crippen LogP contribution in [-0.4, -0.2) is 61.0 Å². The third kappa shape index (κ3) is 5.34. The van der Waals surface area contributed by atoms with E-state index in [-0.39, 0.29) is 23.1 Å². The maximum Gasteiger partial charge on any atom is 0.225 e. The van der Waals surface area contributed by atoms with Gasteiger partial charge in [0.25, 0.3) is 0 Å². The molecule has 5 nitrogen and oxygen atoms in total. The first-order valence-electron chi connectivity index (χ1n) is 10.6. The van der Waals surface area contributed by atoms with Gasteiger partial charge >= 0.3 is 0 Å². The Kier molecular flexibility index (Phi) is 6.76. The van der Waals surface area contributed by atoms with Gasteiger partial charge in [-0.3, -0.25) is 9.59 Å². The van der Waals surface area contributed by atoms with E-state index in [2.05, 4.69) is 45.0 Å². The molecule has 154 valence electrons. The first-order chi connectivity index (χ1) is 13.3. The van der Waals surface area contributed by atoms with E-state index in [1.54, 1.807) is 0 Å². The molecule has 2 heterocycles. The average Bonchev–Trinajstić information content (AvgIpc) is 2.72. The SMILES string of the molecule is CC(C)(C)c1ccc(CCC(=O)N2CCC(C(=O)N3CCOCC3)CC2)cc1. The van der Waals surface area contributed by atoms with E-state index in [4.69, 9.17) is 4.74 Å². The van der Waals surface area contributed by atoms with Crippen LogP contribution in [0.25, 0.3) is 0 Å². The topological polar surface area (TPSA) is 49.9 Å². The normalized spacial score (nSPS) is 19.0. The number of hydrogen-bond acceptors (Lipinski definition) is 3. The Labute approximate surface area is 169 Å². The molecule has 0 aliphatic carbocycles. The molecule has 2 aliphatic rings. The van der Waals surface area contributed by atoms with Gasteiger partial charge in [0, 0.05) is 38.5 Å². The van der Waals surface area contributed by atoms with Gasteiger partial charge in [-0.2, -0.15) is 0 Å². The molecule has 0 radical (unpaired) electrons. The fourth-order valence-corrected chi connectivity index (χ4v) is 4.00. The summed E-state index contributed by atoms with van der Waals surface area (Å²) in [6.07, 6.45) is 2.87. The number of ether oxygens (including phenoxy) is 1. The monoisotopic (exact) mass is 386 g/mol. The fourth-order valence-electron chi connectivity index (χ4n) is 4.00. The first kappa shape index (κ1) is 20.8. The van der Waals surface area contributed by atoms with Crippen LogP contribution in [0.4, 0.5) is 0 Å². The number of nitrogens with zero attached hydrogens (tertiary/aromatic N) is 2. The molecule has 1 aromatic carbocycles. The highest BCUT2D eigenvalue weighted by molar-refractivity contribution is 5.80. The zero-order chi connectivity index (χ0) is 20.1. The minimum atomic E-state index is 0.0621. The fraction of sp³-hybridized carbons (Fsp3) is 0.652. The highest BCUT2D eigenvalue weighted by Gasteiger charge is 2.30. The van der Waals surface area contributed by atoms with Crippen LogP contribution in [0.5, 0.6) is 0 Å². The smallest absolute Gasteiger partial charge is 0.225 e. The van der Waals surface area contributed by atoms with Crippen LogP contribution in [0, 0.1) is 5.92 Å². The minimum Gasteiger partial charge on any atom is -0.378 e. The summed E-state index contributed by atoms with van der Waals surface area (Å²) in [4.78, 5) is 29.1. The predicted molar refractivity (Wildman–Crippen MR) is 110 cm³/mol. The second kappa shape index (κ2) is 9.08. The predicted octanol–water partition coefficient (Wildman–Crippen LogP) is 3.01. The van der Waals surface area contributed by atoms with Gasteiger partial charge in [0.1, 0.15) is 0 Å². The summed E-state index contributed by atoms with van der Waals surface area (Å²) in [5.74, 6) is 0.513. The number of aryl methyl sites for hydroxylation is 1. The van der Waals surface area contributed by atoms with Gasteiger partial charge in [0.05, 0.1) is 13.2 Å². The van der Waals surface area contributed by atoms with Crippen LogP contribution >= 0.6 is 0 Å². The molecule has 2 saturated heterocycles. The van der Waals surface area contributed by atoms with E-state index < -0.39 is 0 Å². The molecule has 0 N–H and O–H groups in total. The zero-order valence-electron chi connectivity index (χ0n) is 17.6. The third-order valence-electron chi connectivity index (χ3n) is 5.97. The molecular formula is C23H34N2O3. The summed E-state index contributed by atoms with van der Waals surface area (Å²) >= 11 is 0. The van der Waals surface area contributed by atoms with Gasteiger partial charge in [0.15, 0.2) is 0 Å². The number of rotatable bonds is 4. The Morgan fingerprint density at radius 3 is 2.14 bits per heavy atom. The molecule has 0 unspecified atom stereocenters. The number of amides is 2. The van der Waals surface area contributed by atoms with Crippen molar-refractivity contribution in [2.24, 2.45) is 5.92 Å².